The zero-order chi connectivity index (χ0) is 11.8. The summed E-state index contributed by atoms with van der Waals surface area (Å²) in [6.45, 7) is 9.74. The van der Waals surface area contributed by atoms with Crippen LogP contribution in [0.5, 0.6) is 0 Å². The maximum atomic E-state index is 4.48. The Morgan fingerprint density at radius 2 is 2.06 bits per heavy atom. The second kappa shape index (κ2) is 7.44. The Balaban J connectivity index is 2.58. The van der Waals surface area contributed by atoms with Crippen LogP contribution in [-0.2, 0) is 19.5 Å². The minimum atomic E-state index is 0.961. The number of unbranched alkanes of at least 4 members (excludes halogenated alkanes) is 1. The van der Waals surface area contributed by atoms with E-state index in [1.807, 2.05) is 6.20 Å². The molecule has 0 aliphatic rings. The molecule has 0 aromatic carbocycles. The lowest BCUT2D eigenvalue weighted by Gasteiger charge is -2.07. The molecular formula is C13H25N3. The Morgan fingerprint density at radius 1 is 1.25 bits per heavy atom. The molecule has 0 saturated carbocycles. The standard InChI is InChI=1S/C13H25N3/c1-4-7-9-16-13(6-3)12(11-15-16)10-14-8-5-2/h11,14H,4-10H2,1-3H3. The van der Waals surface area contributed by atoms with Gasteiger partial charge in [-0.3, -0.25) is 4.68 Å². The van der Waals surface area contributed by atoms with Crippen LogP contribution in [0.15, 0.2) is 6.20 Å². The Bertz CT molecular complexity index is 291. The van der Waals surface area contributed by atoms with Crippen molar-refractivity contribution in [3.05, 3.63) is 17.5 Å². The average molecular weight is 223 g/mol. The summed E-state index contributed by atoms with van der Waals surface area (Å²) >= 11 is 0. The van der Waals surface area contributed by atoms with E-state index in [1.54, 1.807) is 0 Å². The SMILES string of the molecule is CCCCn1ncc(CNCCC)c1CC. The lowest BCUT2D eigenvalue weighted by molar-refractivity contribution is 0.548. The fourth-order valence-corrected chi connectivity index (χ4v) is 1.91. The molecule has 0 unspecified atom stereocenters. The number of nitrogens with zero attached hydrogens (tertiary/aromatic N) is 2. The highest BCUT2D eigenvalue weighted by Gasteiger charge is 2.07. The Kier molecular flexibility index (Phi) is 6.16. The molecule has 16 heavy (non-hydrogen) atoms. The quantitative estimate of drug-likeness (QED) is 0.687. The van der Waals surface area contributed by atoms with Crippen LogP contribution in [-0.4, -0.2) is 16.3 Å². The van der Waals surface area contributed by atoms with E-state index in [2.05, 4.69) is 35.9 Å². The molecule has 1 aromatic rings. The van der Waals surface area contributed by atoms with Gasteiger partial charge in [0.15, 0.2) is 0 Å². The van der Waals surface area contributed by atoms with Gasteiger partial charge in [0.25, 0.3) is 0 Å². The number of aryl methyl sites for hydroxylation is 1. The van der Waals surface area contributed by atoms with Gasteiger partial charge < -0.3 is 5.32 Å². The van der Waals surface area contributed by atoms with E-state index in [0.717, 1.165) is 26.1 Å². The first-order chi connectivity index (χ1) is 7.83. The molecule has 0 bridgehead atoms. The Labute approximate surface area is 99.2 Å². The summed E-state index contributed by atoms with van der Waals surface area (Å²) < 4.78 is 2.17. The molecule has 0 fully saturated rings. The summed E-state index contributed by atoms with van der Waals surface area (Å²) in [5.74, 6) is 0. The van der Waals surface area contributed by atoms with Crippen LogP contribution in [0, 0.1) is 0 Å². The lowest BCUT2D eigenvalue weighted by Crippen LogP contribution is -2.15. The molecule has 3 heteroatoms. The molecule has 1 aromatic heterocycles. The first kappa shape index (κ1) is 13.2. The van der Waals surface area contributed by atoms with Gasteiger partial charge in [0.2, 0.25) is 0 Å². The van der Waals surface area contributed by atoms with Crippen molar-refractivity contribution >= 4 is 0 Å². The van der Waals surface area contributed by atoms with Gasteiger partial charge in [-0.15, -0.1) is 0 Å². The summed E-state index contributed by atoms with van der Waals surface area (Å²) in [4.78, 5) is 0. The molecule has 1 heterocycles. The zero-order valence-corrected chi connectivity index (χ0v) is 10.9. The van der Waals surface area contributed by atoms with Crippen molar-refractivity contribution in [2.24, 2.45) is 0 Å². The van der Waals surface area contributed by atoms with Gasteiger partial charge in [-0.1, -0.05) is 27.2 Å². The van der Waals surface area contributed by atoms with Crippen molar-refractivity contribution in [2.45, 2.75) is 59.5 Å². The monoisotopic (exact) mass is 223 g/mol. The highest BCUT2D eigenvalue weighted by Crippen LogP contribution is 2.10. The van der Waals surface area contributed by atoms with E-state index in [-0.39, 0.29) is 0 Å². The third kappa shape index (κ3) is 3.63. The van der Waals surface area contributed by atoms with Gasteiger partial charge >= 0.3 is 0 Å². The van der Waals surface area contributed by atoms with Gasteiger partial charge in [0.05, 0.1) is 6.20 Å². The fourth-order valence-electron chi connectivity index (χ4n) is 1.91. The molecule has 0 spiro atoms. The molecule has 0 atom stereocenters. The second-order valence-corrected chi connectivity index (χ2v) is 4.22. The number of aromatic nitrogens is 2. The van der Waals surface area contributed by atoms with Gasteiger partial charge in [0, 0.05) is 24.3 Å². The smallest absolute Gasteiger partial charge is 0.0537 e. The van der Waals surface area contributed by atoms with E-state index in [9.17, 15) is 0 Å². The Morgan fingerprint density at radius 3 is 2.69 bits per heavy atom. The van der Waals surface area contributed by atoms with Crippen molar-refractivity contribution in [3.63, 3.8) is 0 Å². The van der Waals surface area contributed by atoms with E-state index in [0.29, 0.717) is 0 Å². The summed E-state index contributed by atoms with van der Waals surface area (Å²) in [7, 11) is 0. The molecule has 1 rings (SSSR count). The van der Waals surface area contributed by atoms with Crippen LogP contribution in [0.4, 0.5) is 0 Å². The van der Waals surface area contributed by atoms with E-state index >= 15 is 0 Å². The summed E-state index contributed by atoms with van der Waals surface area (Å²) in [5.41, 5.74) is 2.77. The maximum absolute atomic E-state index is 4.48. The van der Waals surface area contributed by atoms with E-state index in [1.165, 1.54) is 30.5 Å². The van der Waals surface area contributed by atoms with E-state index < -0.39 is 0 Å². The minimum absolute atomic E-state index is 0.961. The van der Waals surface area contributed by atoms with Gasteiger partial charge in [-0.2, -0.15) is 5.10 Å². The topological polar surface area (TPSA) is 29.9 Å². The molecule has 0 amide bonds. The van der Waals surface area contributed by atoms with E-state index in [4.69, 9.17) is 0 Å². The average Bonchev–Trinajstić information content (AvgIpc) is 2.69. The molecule has 0 radical (unpaired) electrons. The minimum Gasteiger partial charge on any atom is -0.313 e. The van der Waals surface area contributed by atoms with Crippen LogP contribution in [0.3, 0.4) is 0 Å². The summed E-state index contributed by atoms with van der Waals surface area (Å²) in [6, 6.07) is 0. The molecule has 0 saturated heterocycles. The third-order valence-corrected chi connectivity index (χ3v) is 2.84. The zero-order valence-electron chi connectivity index (χ0n) is 10.9. The molecule has 92 valence electrons. The lowest BCUT2D eigenvalue weighted by atomic mass is 10.2. The van der Waals surface area contributed by atoms with Gasteiger partial charge in [-0.05, 0) is 25.8 Å². The first-order valence-electron chi connectivity index (χ1n) is 6.57. The molecule has 3 nitrogen and oxygen atoms in total. The third-order valence-electron chi connectivity index (χ3n) is 2.84. The molecule has 0 aliphatic carbocycles. The van der Waals surface area contributed by atoms with Gasteiger partial charge in [-0.25, -0.2) is 0 Å². The molecule has 0 aliphatic heterocycles. The van der Waals surface area contributed by atoms with Gasteiger partial charge in [0.1, 0.15) is 0 Å². The van der Waals surface area contributed by atoms with Crippen LogP contribution in [0.1, 0.15) is 51.3 Å². The summed E-state index contributed by atoms with van der Waals surface area (Å²) in [6.07, 6.45) is 6.73. The predicted molar refractivity (Wildman–Crippen MR) is 68.5 cm³/mol. The fraction of sp³-hybridized carbons (Fsp3) is 0.769. The van der Waals surface area contributed by atoms with Crippen molar-refractivity contribution in [1.29, 1.82) is 0 Å². The van der Waals surface area contributed by atoms with Crippen LogP contribution < -0.4 is 5.32 Å². The highest BCUT2D eigenvalue weighted by atomic mass is 15.3. The normalized spacial score (nSPS) is 10.9. The first-order valence-corrected chi connectivity index (χ1v) is 6.57. The predicted octanol–water partition coefficient (Wildman–Crippen LogP) is 2.75. The Hall–Kier alpha value is -0.830. The van der Waals surface area contributed by atoms with Crippen LogP contribution >= 0.6 is 0 Å². The molecular weight excluding hydrogens is 198 g/mol. The van der Waals surface area contributed by atoms with Crippen molar-refractivity contribution in [2.75, 3.05) is 6.54 Å². The number of nitrogens with one attached hydrogen (secondary N) is 1. The summed E-state index contributed by atoms with van der Waals surface area (Å²) in [5, 5.41) is 7.92. The largest absolute Gasteiger partial charge is 0.313 e. The van der Waals surface area contributed by atoms with Crippen molar-refractivity contribution in [3.8, 4) is 0 Å². The van der Waals surface area contributed by atoms with Crippen LogP contribution in [0.2, 0.25) is 0 Å². The maximum Gasteiger partial charge on any atom is 0.0537 e. The van der Waals surface area contributed by atoms with Crippen LogP contribution in [0.25, 0.3) is 0 Å². The van der Waals surface area contributed by atoms with Crippen molar-refractivity contribution in [1.82, 2.24) is 15.1 Å². The number of hydrogen-bond acceptors (Lipinski definition) is 2. The second-order valence-electron chi connectivity index (χ2n) is 4.22. The number of rotatable bonds is 8. The molecule has 1 N–H and O–H groups in total. The number of hydrogen-bond donors (Lipinski definition) is 1. The highest BCUT2D eigenvalue weighted by molar-refractivity contribution is 5.17. The van der Waals surface area contributed by atoms with Crippen molar-refractivity contribution < 1.29 is 0 Å².